The van der Waals surface area contributed by atoms with Crippen LogP contribution in [0.3, 0.4) is 0 Å². The summed E-state index contributed by atoms with van der Waals surface area (Å²) >= 11 is 0. The Labute approximate surface area is 96.6 Å². The first-order valence-corrected chi connectivity index (χ1v) is 5.83. The second-order valence-corrected chi connectivity index (χ2v) is 4.96. The topological polar surface area (TPSA) is 26.3 Å². The summed E-state index contributed by atoms with van der Waals surface area (Å²) in [6.45, 7) is 6.07. The predicted octanol–water partition coefficient (Wildman–Crippen LogP) is 3.27. The molecule has 1 unspecified atom stereocenters. The molecule has 1 aromatic rings. The highest BCUT2D eigenvalue weighted by Crippen LogP contribution is 2.55. The molecule has 1 aliphatic heterocycles. The zero-order valence-electron chi connectivity index (χ0n) is 10.1. The first kappa shape index (κ1) is 11.2. The molecule has 2 heteroatoms. The Morgan fingerprint density at radius 1 is 1.19 bits per heavy atom. The summed E-state index contributed by atoms with van der Waals surface area (Å²) in [6, 6.07) is 10.1. The second-order valence-electron chi connectivity index (χ2n) is 4.96. The van der Waals surface area contributed by atoms with Gasteiger partial charge in [0.15, 0.2) is 5.60 Å². The molecule has 2 rings (SSSR count). The van der Waals surface area contributed by atoms with Crippen molar-refractivity contribution in [2.24, 2.45) is 5.41 Å². The van der Waals surface area contributed by atoms with Gasteiger partial charge in [-0.1, -0.05) is 43.7 Å². The van der Waals surface area contributed by atoms with E-state index in [2.05, 4.69) is 6.92 Å². The molecule has 0 spiro atoms. The average Bonchev–Trinajstić information content (AvgIpc) is 2.29. The minimum Gasteiger partial charge on any atom is -0.452 e. The van der Waals surface area contributed by atoms with E-state index < -0.39 is 11.0 Å². The molecule has 0 amide bonds. The number of carbonyl (C=O) groups is 1. The monoisotopic (exact) mass is 218 g/mol. The maximum atomic E-state index is 11.6. The van der Waals surface area contributed by atoms with Crippen molar-refractivity contribution in [1.29, 1.82) is 0 Å². The van der Waals surface area contributed by atoms with E-state index in [1.807, 2.05) is 44.2 Å². The van der Waals surface area contributed by atoms with Crippen LogP contribution in [0, 0.1) is 5.41 Å². The molecule has 1 aliphatic rings. The summed E-state index contributed by atoms with van der Waals surface area (Å²) in [4.78, 5) is 11.6. The summed E-state index contributed by atoms with van der Waals surface area (Å²) in [5, 5.41) is 0. The lowest BCUT2D eigenvalue weighted by Gasteiger charge is -2.53. The van der Waals surface area contributed by atoms with E-state index >= 15 is 0 Å². The lowest BCUT2D eigenvalue weighted by atomic mass is 9.64. The molecule has 0 radical (unpaired) electrons. The molecule has 1 saturated heterocycles. The molecule has 0 bridgehead atoms. The van der Waals surface area contributed by atoms with E-state index in [1.165, 1.54) is 0 Å². The van der Waals surface area contributed by atoms with Crippen molar-refractivity contribution in [2.75, 3.05) is 0 Å². The SMILES string of the molecule is CCCC1(c2ccccc2)OC(=O)C1(C)C. The molecule has 0 N–H and O–H groups in total. The normalized spacial score (nSPS) is 27.1. The van der Waals surface area contributed by atoms with E-state index in [4.69, 9.17) is 4.74 Å². The Hall–Kier alpha value is -1.31. The van der Waals surface area contributed by atoms with Crippen LogP contribution in [0.5, 0.6) is 0 Å². The zero-order valence-corrected chi connectivity index (χ0v) is 10.1. The Morgan fingerprint density at radius 2 is 1.81 bits per heavy atom. The third kappa shape index (κ3) is 1.29. The third-order valence-corrected chi connectivity index (χ3v) is 3.63. The molecule has 1 fully saturated rings. The van der Waals surface area contributed by atoms with Gasteiger partial charge in [0, 0.05) is 0 Å². The van der Waals surface area contributed by atoms with Crippen LogP contribution < -0.4 is 0 Å². The summed E-state index contributed by atoms with van der Waals surface area (Å²) in [5.41, 5.74) is 0.284. The number of rotatable bonds is 3. The Kier molecular flexibility index (Phi) is 2.53. The van der Waals surface area contributed by atoms with Crippen LogP contribution in [0.15, 0.2) is 30.3 Å². The quantitative estimate of drug-likeness (QED) is 0.728. The van der Waals surface area contributed by atoms with Crippen LogP contribution in [-0.4, -0.2) is 5.97 Å². The van der Waals surface area contributed by atoms with Gasteiger partial charge < -0.3 is 4.74 Å². The van der Waals surface area contributed by atoms with Crippen LogP contribution >= 0.6 is 0 Å². The van der Waals surface area contributed by atoms with Gasteiger partial charge in [0.2, 0.25) is 0 Å². The number of benzene rings is 1. The Balaban J connectivity index is 2.43. The lowest BCUT2D eigenvalue weighted by Crippen LogP contribution is -2.61. The van der Waals surface area contributed by atoms with Crippen molar-refractivity contribution in [2.45, 2.75) is 39.2 Å². The van der Waals surface area contributed by atoms with E-state index in [1.54, 1.807) is 0 Å². The molecule has 1 aromatic carbocycles. The molecule has 0 aromatic heterocycles. The van der Waals surface area contributed by atoms with Crippen molar-refractivity contribution < 1.29 is 9.53 Å². The van der Waals surface area contributed by atoms with E-state index in [9.17, 15) is 4.79 Å². The van der Waals surface area contributed by atoms with Gasteiger partial charge in [-0.15, -0.1) is 0 Å². The fourth-order valence-corrected chi connectivity index (χ4v) is 2.52. The summed E-state index contributed by atoms with van der Waals surface area (Å²) in [7, 11) is 0. The molecule has 0 saturated carbocycles. The summed E-state index contributed by atoms with van der Waals surface area (Å²) in [5.74, 6) is -0.0928. The maximum absolute atomic E-state index is 11.6. The maximum Gasteiger partial charge on any atom is 0.316 e. The van der Waals surface area contributed by atoms with E-state index in [0.29, 0.717) is 0 Å². The fraction of sp³-hybridized carbons (Fsp3) is 0.500. The first-order valence-electron chi connectivity index (χ1n) is 5.83. The largest absolute Gasteiger partial charge is 0.452 e. The van der Waals surface area contributed by atoms with Crippen LogP contribution in [0.2, 0.25) is 0 Å². The highest BCUT2D eigenvalue weighted by atomic mass is 16.6. The highest BCUT2D eigenvalue weighted by molar-refractivity contribution is 5.84. The number of hydrogen-bond acceptors (Lipinski definition) is 2. The smallest absolute Gasteiger partial charge is 0.316 e. The van der Waals surface area contributed by atoms with Crippen LogP contribution in [0.1, 0.15) is 39.2 Å². The zero-order chi connectivity index (χ0) is 11.8. The van der Waals surface area contributed by atoms with Crippen LogP contribution in [0.4, 0.5) is 0 Å². The number of ether oxygens (including phenoxy) is 1. The Morgan fingerprint density at radius 3 is 2.25 bits per heavy atom. The molecular formula is C14H18O2. The molecular weight excluding hydrogens is 200 g/mol. The second kappa shape index (κ2) is 3.62. The van der Waals surface area contributed by atoms with Crippen molar-refractivity contribution in [3.05, 3.63) is 35.9 Å². The van der Waals surface area contributed by atoms with Gasteiger partial charge in [0.25, 0.3) is 0 Å². The fourth-order valence-electron chi connectivity index (χ4n) is 2.52. The van der Waals surface area contributed by atoms with Gasteiger partial charge >= 0.3 is 5.97 Å². The third-order valence-electron chi connectivity index (χ3n) is 3.63. The standard InChI is InChI=1S/C14H18O2/c1-4-10-14(11-8-6-5-7-9-11)13(2,3)12(15)16-14/h5-9H,4,10H2,1-3H3. The predicted molar refractivity (Wildman–Crippen MR) is 62.9 cm³/mol. The molecule has 86 valence electrons. The number of cyclic esters (lactones) is 1. The van der Waals surface area contributed by atoms with Crippen molar-refractivity contribution in [1.82, 2.24) is 0 Å². The van der Waals surface area contributed by atoms with Gasteiger partial charge in [0.05, 0.1) is 0 Å². The molecule has 2 nitrogen and oxygen atoms in total. The number of esters is 1. The van der Waals surface area contributed by atoms with Gasteiger partial charge in [-0.05, 0) is 25.8 Å². The van der Waals surface area contributed by atoms with Gasteiger partial charge in [-0.25, -0.2) is 0 Å². The van der Waals surface area contributed by atoms with Gasteiger partial charge in [0.1, 0.15) is 5.41 Å². The molecule has 1 atom stereocenters. The minimum atomic E-state index is -0.417. The lowest BCUT2D eigenvalue weighted by molar-refractivity contribution is -0.243. The van der Waals surface area contributed by atoms with Crippen LogP contribution in [0.25, 0.3) is 0 Å². The van der Waals surface area contributed by atoms with E-state index in [-0.39, 0.29) is 5.97 Å². The van der Waals surface area contributed by atoms with E-state index in [0.717, 1.165) is 18.4 Å². The summed E-state index contributed by atoms with van der Waals surface area (Å²) in [6.07, 6.45) is 1.89. The van der Waals surface area contributed by atoms with Crippen molar-refractivity contribution in [3.8, 4) is 0 Å². The first-order chi connectivity index (χ1) is 7.54. The molecule has 1 heterocycles. The van der Waals surface area contributed by atoms with Gasteiger partial charge in [-0.3, -0.25) is 4.79 Å². The van der Waals surface area contributed by atoms with Crippen LogP contribution in [-0.2, 0) is 15.1 Å². The summed E-state index contributed by atoms with van der Waals surface area (Å²) < 4.78 is 5.53. The average molecular weight is 218 g/mol. The highest BCUT2D eigenvalue weighted by Gasteiger charge is 2.63. The van der Waals surface area contributed by atoms with Crippen molar-refractivity contribution >= 4 is 5.97 Å². The molecule has 16 heavy (non-hydrogen) atoms. The Bertz CT molecular complexity index is 394. The van der Waals surface area contributed by atoms with Gasteiger partial charge in [-0.2, -0.15) is 0 Å². The molecule has 0 aliphatic carbocycles. The number of hydrogen-bond donors (Lipinski definition) is 0. The number of carbonyl (C=O) groups excluding carboxylic acids is 1. The minimum absolute atomic E-state index is 0.0928. The van der Waals surface area contributed by atoms with Crippen molar-refractivity contribution in [3.63, 3.8) is 0 Å².